The summed E-state index contributed by atoms with van der Waals surface area (Å²) in [6, 6.07) is 14.9. The van der Waals surface area contributed by atoms with Crippen LogP contribution in [0.5, 0.6) is 0 Å². The minimum Gasteiger partial charge on any atom is -0.402 e. The van der Waals surface area contributed by atoms with Crippen molar-refractivity contribution in [2.75, 3.05) is 19.0 Å². The largest absolute Gasteiger partial charge is 0.402 e. The molecule has 2 aromatic carbocycles. The predicted molar refractivity (Wildman–Crippen MR) is 92.8 cm³/mol. The Morgan fingerprint density at radius 3 is 2.43 bits per heavy atom. The number of carbonyl (C=O) groups is 1. The zero-order valence-corrected chi connectivity index (χ0v) is 13.5. The number of benzene rings is 2. The second-order valence-corrected chi connectivity index (χ2v) is 5.71. The van der Waals surface area contributed by atoms with Crippen molar-refractivity contribution < 1.29 is 9.53 Å². The van der Waals surface area contributed by atoms with E-state index in [9.17, 15) is 4.79 Å². The first kappa shape index (κ1) is 15.3. The molecule has 2 aromatic rings. The number of carbonyl (C=O) groups excluding carboxylic acids is 1. The first-order chi connectivity index (χ1) is 11.0. The zero-order valence-electron chi connectivity index (χ0n) is 12.8. The lowest BCUT2D eigenvalue weighted by atomic mass is 10.1. The van der Waals surface area contributed by atoms with Crippen LogP contribution >= 0.6 is 11.6 Å². The fourth-order valence-corrected chi connectivity index (χ4v) is 2.40. The highest BCUT2D eigenvalue weighted by atomic mass is 35.5. The van der Waals surface area contributed by atoms with E-state index < -0.39 is 5.97 Å². The predicted octanol–water partition coefficient (Wildman–Crippen LogP) is 3.75. The van der Waals surface area contributed by atoms with E-state index in [1.54, 1.807) is 18.2 Å². The summed E-state index contributed by atoms with van der Waals surface area (Å²) in [7, 11) is 3.95. The molecule has 0 aliphatic carbocycles. The Hall–Kier alpha value is -2.59. The molecule has 0 N–H and O–H groups in total. The van der Waals surface area contributed by atoms with Gasteiger partial charge in [-0.2, -0.15) is 0 Å². The Morgan fingerprint density at radius 1 is 1.09 bits per heavy atom. The molecule has 5 heteroatoms. The molecule has 0 radical (unpaired) electrons. The summed E-state index contributed by atoms with van der Waals surface area (Å²) in [4.78, 5) is 18.3. The van der Waals surface area contributed by atoms with E-state index in [0.29, 0.717) is 10.6 Å². The highest BCUT2D eigenvalue weighted by molar-refractivity contribution is 6.34. The molecule has 0 aromatic heterocycles. The van der Waals surface area contributed by atoms with Crippen molar-refractivity contribution in [1.82, 2.24) is 0 Å². The Labute approximate surface area is 139 Å². The number of anilines is 1. The topological polar surface area (TPSA) is 41.9 Å². The lowest BCUT2D eigenvalue weighted by Gasteiger charge is -2.11. The van der Waals surface area contributed by atoms with E-state index in [0.717, 1.165) is 11.3 Å². The second kappa shape index (κ2) is 6.26. The van der Waals surface area contributed by atoms with Crippen LogP contribution in [0.4, 0.5) is 5.69 Å². The van der Waals surface area contributed by atoms with Crippen molar-refractivity contribution in [3.63, 3.8) is 0 Å². The molecule has 0 saturated carbocycles. The number of halogens is 1. The van der Waals surface area contributed by atoms with Gasteiger partial charge in [0.25, 0.3) is 0 Å². The molecule has 3 rings (SSSR count). The van der Waals surface area contributed by atoms with Crippen LogP contribution in [0.2, 0.25) is 5.02 Å². The average Bonchev–Trinajstić information content (AvgIpc) is 2.89. The normalized spacial score (nSPS) is 15.5. The van der Waals surface area contributed by atoms with Gasteiger partial charge in [0.15, 0.2) is 5.70 Å². The average molecular weight is 327 g/mol. The van der Waals surface area contributed by atoms with Gasteiger partial charge in [-0.3, -0.25) is 0 Å². The fourth-order valence-electron chi connectivity index (χ4n) is 2.19. The number of cyclic esters (lactones) is 1. The van der Waals surface area contributed by atoms with Gasteiger partial charge in [-0.25, -0.2) is 9.79 Å². The molecular weight excluding hydrogens is 312 g/mol. The van der Waals surface area contributed by atoms with Crippen molar-refractivity contribution in [3.8, 4) is 0 Å². The van der Waals surface area contributed by atoms with Crippen LogP contribution in [0.25, 0.3) is 6.08 Å². The second-order valence-electron chi connectivity index (χ2n) is 5.30. The molecule has 0 bridgehead atoms. The lowest BCUT2D eigenvalue weighted by Crippen LogP contribution is -2.08. The van der Waals surface area contributed by atoms with E-state index in [-0.39, 0.29) is 11.6 Å². The molecule has 0 saturated heterocycles. The first-order valence-electron chi connectivity index (χ1n) is 7.09. The fraction of sp³-hybridized carbons (Fsp3) is 0.111. The van der Waals surface area contributed by atoms with E-state index in [1.807, 2.05) is 55.4 Å². The van der Waals surface area contributed by atoms with Gasteiger partial charge in [0.2, 0.25) is 5.90 Å². The number of esters is 1. The minimum atomic E-state index is -0.475. The van der Waals surface area contributed by atoms with Crippen molar-refractivity contribution >= 4 is 35.2 Å². The third-order valence-corrected chi connectivity index (χ3v) is 3.77. The van der Waals surface area contributed by atoms with E-state index in [2.05, 4.69) is 4.99 Å². The smallest absolute Gasteiger partial charge is 0.363 e. The summed E-state index contributed by atoms with van der Waals surface area (Å²) in [6.07, 6.45) is 1.70. The van der Waals surface area contributed by atoms with Crippen LogP contribution in [-0.4, -0.2) is 26.0 Å². The summed E-state index contributed by atoms with van der Waals surface area (Å²) in [5, 5.41) is 0.496. The molecule has 1 aliphatic rings. The highest BCUT2D eigenvalue weighted by Crippen LogP contribution is 2.24. The Balaban J connectivity index is 1.90. The molecule has 0 unspecified atom stereocenters. The van der Waals surface area contributed by atoms with Crippen molar-refractivity contribution in [3.05, 3.63) is 70.4 Å². The van der Waals surface area contributed by atoms with E-state index >= 15 is 0 Å². The summed E-state index contributed by atoms with van der Waals surface area (Å²) >= 11 is 6.11. The zero-order chi connectivity index (χ0) is 16.4. The van der Waals surface area contributed by atoms with Crippen LogP contribution in [0.1, 0.15) is 11.1 Å². The minimum absolute atomic E-state index is 0.233. The molecule has 0 amide bonds. The van der Waals surface area contributed by atoms with Crippen LogP contribution < -0.4 is 4.90 Å². The molecule has 116 valence electrons. The molecular formula is C18H15ClN2O2. The Morgan fingerprint density at radius 2 is 1.78 bits per heavy atom. The summed E-state index contributed by atoms with van der Waals surface area (Å²) in [5.41, 5.74) is 2.83. The monoisotopic (exact) mass is 326 g/mol. The Bertz CT molecular complexity index is 808. The van der Waals surface area contributed by atoms with Gasteiger partial charge < -0.3 is 9.64 Å². The van der Waals surface area contributed by atoms with Gasteiger partial charge in [0.05, 0.1) is 10.6 Å². The highest BCUT2D eigenvalue weighted by Gasteiger charge is 2.25. The van der Waals surface area contributed by atoms with Crippen molar-refractivity contribution in [1.29, 1.82) is 0 Å². The maximum Gasteiger partial charge on any atom is 0.363 e. The van der Waals surface area contributed by atoms with Gasteiger partial charge in [0.1, 0.15) is 0 Å². The molecule has 4 nitrogen and oxygen atoms in total. The molecule has 0 fully saturated rings. The van der Waals surface area contributed by atoms with Crippen molar-refractivity contribution in [2.24, 2.45) is 4.99 Å². The quantitative estimate of drug-likeness (QED) is 0.637. The van der Waals surface area contributed by atoms with Crippen LogP contribution in [0.15, 0.2) is 59.2 Å². The number of rotatable bonds is 3. The lowest BCUT2D eigenvalue weighted by molar-refractivity contribution is -0.129. The number of ether oxygens (including phenoxy) is 1. The van der Waals surface area contributed by atoms with Gasteiger partial charge in [-0.1, -0.05) is 35.9 Å². The van der Waals surface area contributed by atoms with Gasteiger partial charge in [-0.15, -0.1) is 0 Å². The van der Waals surface area contributed by atoms with Gasteiger partial charge >= 0.3 is 5.97 Å². The van der Waals surface area contributed by atoms with Crippen molar-refractivity contribution in [2.45, 2.75) is 0 Å². The third kappa shape index (κ3) is 3.27. The SMILES string of the molecule is CN(C)c1ccc(/C=C2\N=C(c3ccccc3Cl)OC2=O)cc1. The first-order valence-corrected chi connectivity index (χ1v) is 7.47. The molecule has 1 aliphatic heterocycles. The molecule has 0 atom stereocenters. The summed E-state index contributed by atoms with van der Waals surface area (Å²) in [6.45, 7) is 0. The van der Waals surface area contributed by atoms with Crippen LogP contribution in [0, 0.1) is 0 Å². The standard InChI is InChI=1S/C18H15ClN2O2/c1-21(2)13-9-7-12(8-10-13)11-16-18(22)23-17(20-16)14-5-3-4-6-15(14)19/h3-11H,1-2H3/b16-11-. The number of aliphatic imine (C=N–C) groups is 1. The van der Waals surface area contributed by atoms with Crippen LogP contribution in [0.3, 0.4) is 0 Å². The summed E-state index contributed by atoms with van der Waals surface area (Å²) < 4.78 is 5.23. The molecule has 1 heterocycles. The third-order valence-electron chi connectivity index (χ3n) is 3.44. The summed E-state index contributed by atoms with van der Waals surface area (Å²) in [5.74, 6) is -0.242. The number of nitrogens with zero attached hydrogens (tertiary/aromatic N) is 2. The van der Waals surface area contributed by atoms with Crippen LogP contribution in [-0.2, 0) is 9.53 Å². The van der Waals surface area contributed by atoms with Gasteiger partial charge in [-0.05, 0) is 35.9 Å². The van der Waals surface area contributed by atoms with E-state index in [4.69, 9.17) is 16.3 Å². The molecule has 23 heavy (non-hydrogen) atoms. The number of hydrogen-bond acceptors (Lipinski definition) is 4. The van der Waals surface area contributed by atoms with Gasteiger partial charge in [0, 0.05) is 19.8 Å². The molecule has 0 spiro atoms. The van der Waals surface area contributed by atoms with E-state index in [1.165, 1.54) is 0 Å². The number of hydrogen-bond donors (Lipinski definition) is 0. The maximum atomic E-state index is 12.0. The Kier molecular flexibility index (Phi) is 4.17. The maximum absolute atomic E-state index is 12.0.